The van der Waals surface area contributed by atoms with Crippen LogP contribution in [0.2, 0.25) is 5.02 Å². The maximum Gasteiger partial charge on any atom is 0.254 e. The predicted molar refractivity (Wildman–Crippen MR) is 160 cm³/mol. The van der Waals surface area contributed by atoms with Crippen molar-refractivity contribution in [2.45, 2.75) is 51.9 Å². The molecule has 1 heterocycles. The number of aryl methyl sites for hydroxylation is 1. The third-order valence-electron chi connectivity index (χ3n) is 9.44. The molecule has 8 heteroatoms. The molecule has 1 saturated heterocycles. The van der Waals surface area contributed by atoms with E-state index in [-0.39, 0.29) is 17.2 Å². The van der Waals surface area contributed by atoms with E-state index in [1.807, 2.05) is 54.3 Å². The molecule has 4 aliphatic carbocycles. The molecule has 0 radical (unpaired) electrons. The van der Waals surface area contributed by atoms with Gasteiger partial charge in [-0.15, -0.1) is 0 Å². The number of benzene rings is 2. The summed E-state index contributed by atoms with van der Waals surface area (Å²) >= 11 is 12.2. The van der Waals surface area contributed by atoms with Gasteiger partial charge in [-0.1, -0.05) is 29.8 Å². The van der Waals surface area contributed by atoms with Crippen molar-refractivity contribution in [2.24, 2.45) is 23.2 Å². The number of halogens is 1. The van der Waals surface area contributed by atoms with Crippen LogP contribution in [-0.4, -0.2) is 48.0 Å². The van der Waals surface area contributed by atoms with Crippen LogP contribution < -0.4 is 15.5 Å². The first-order valence-electron chi connectivity index (χ1n) is 14.3. The van der Waals surface area contributed by atoms with Crippen LogP contribution in [0.5, 0.6) is 0 Å². The molecule has 0 aromatic heterocycles. The Kier molecular flexibility index (Phi) is 7.32. The highest BCUT2D eigenvalue weighted by Gasteiger charge is 2.51. The summed E-state index contributed by atoms with van der Waals surface area (Å²) in [5.41, 5.74) is 3.63. The number of hydrogen-bond acceptors (Lipinski definition) is 4. The third kappa shape index (κ3) is 5.66. The van der Waals surface area contributed by atoms with Gasteiger partial charge < -0.3 is 20.4 Å². The second-order valence-electron chi connectivity index (χ2n) is 12.4. The molecule has 2 amide bonds. The Morgan fingerprint density at radius 3 is 2.23 bits per heavy atom. The van der Waals surface area contributed by atoms with Gasteiger partial charge in [-0.05, 0) is 111 Å². The molecular formula is C31H37ClN4O2S. The van der Waals surface area contributed by atoms with Gasteiger partial charge in [0.15, 0.2) is 5.11 Å². The molecule has 206 valence electrons. The molecular weight excluding hydrogens is 528 g/mol. The summed E-state index contributed by atoms with van der Waals surface area (Å²) < 4.78 is 0. The zero-order valence-electron chi connectivity index (χ0n) is 22.5. The lowest BCUT2D eigenvalue weighted by Crippen LogP contribution is -2.49. The number of thiocarbonyl (C=S) groups is 1. The fourth-order valence-corrected chi connectivity index (χ4v) is 8.69. The van der Waals surface area contributed by atoms with Gasteiger partial charge in [-0.25, -0.2) is 0 Å². The molecule has 0 atom stereocenters. The van der Waals surface area contributed by atoms with E-state index in [0.29, 0.717) is 42.7 Å². The monoisotopic (exact) mass is 564 g/mol. The summed E-state index contributed by atoms with van der Waals surface area (Å²) in [6.07, 6.45) is 8.32. The molecule has 2 aromatic carbocycles. The molecule has 0 unspecified atom stereocenters. The van der Waals surface area contributed by atoms with Gasteiger partial charge in [0.2, 0.25) is 5.91 Å². The second-order valence-corrected chi connectivity index (χ2v) is 13.2. The Morgan fingerprint density at radius 1 is 0.974 bits per heavy atom. The molecule has 0 spiro atoms. The lowest BCUT2D eigenvalue weighted by molar-refractivity contribution is -0.127. The van der Waals surface area contributed by atoms with Crippen LogP contribution >= 0.6 is 23.8 Å². The summed E-state index contributed by atoms with van der Waals surface area (Å²) in [5, 5.41) is 6.99. The van der Waals surface area contributed by atoms with Crippen LogP contribution in [0.3, 0.4) is 0 Å². The Morgan fingerprint density at radius 2 is 1.62 bits per heavy atom. The Bertz CT molecular complexity index is 1250. The van der Waals surface area contributed by atoms with Gasteiger partial charge in [0.25, 0.3) is 5.91 Å². The van der Waals surface area contributed by atoms with Crippen LogP contribution in [0, 0.1) is 30.1 Å². The molecule has 4 saturated carbocycles. The molecule has 5 fully saturated rings. The molecule has 2 aromatic rings. The molecule has 39 heavy (non-hydrogen) atoms. The summed E-state index contributed by atoms with van der Waals surface area (Å²) in [4.78, 5) is 30.0. The molecule has 4 bridgehead atoms. The average Bonchev–Trinajstić information content (AvgIpc) is 2.87. The maximum absolute atomic E-state index is 13.0. The summed E-state index contributed by atoms with van der Waals surface area (Å²) in [6, 6.07) is 13.5. The smallest absolute Gasteiger partial charge is 0.254 e. The van der Waals surface area contributed by atoms with E-state index in [4.69, 9.17) is 23.8 Å². The van der Waals surface area contributed by atoms with Crippen molar-refractivity contribution in [3.63, 3.8) is 0 Å². The van der Waals surface area contributed by atoms with Crippen molar-refractivity contribution in [3.05, 3.63) is 58.6 Å². The van der Waals surface area contributed by atoms with E-state index < -0.39 is 0 Å². The van der Waals surface area contributed by atoms with Crippen molar-refractivity contribution >= 4 is 52.1 Å². The number of hydrogen-bond donors (Lipinski definition) is 2. The summed E-state index contributed by atoms with van der Waals surface area (Å²) in [6.45, 7) is 4.68. The fourth-order valence-electron chi connectivity index (χ4n) is 8.16. The minimum atomic E-state index is 0.0234. The zero-order valence-corrected chi connectivity index (χ0v) is 24.1. The quantitative estimate of drug-likeness (QED) is 0.434. The van der Waals surface area contributed by atoms with Crippen LogP contribution in [-0.2, 0) is 4.79 Å². The topological polar surface area (TPSA) is 64.7 Å². The van der Waals surface area contributed by atoms with Gasteiger partial charge in [0.1, 0.15) is 0 Å². The van der Waals surface area contributed by atoms with E-state index in [0.717, 1.165) is 40.3 Å². The summed E-state index contributed by atoms with van der Waals surface area (Å²) in [5.74, 6) is 2.58. The first kappa shape index (κ1) is 26.6. The summed E-state index contributed by atoms with van der Waals surface area (Å²) in [7, 11) is 0. The number of amides is 2. The van der Waals surface area contributed by atoms with Crippen LogP contribution in [0.25, 0.3) is 0 Å². The molecule has 7 rings (SSSR count). The van der Waals surface area contributed by atoms with Crippen molar-refractivity contribution in [2.75, 3.05) is 36.4 Å². The molecule has 6 nitrogen and oxygen atoms in total. The van der Waals surface area contributed by atoms with E-state index in [2.05, 4.69) is 15.5 Å². The standard InChI is InChI=1S/C31H37ClN4O2S/c1-20-4-2-3-5-25(20)29(38)36-10-8-35(9-11-36)27-7-6-24(15-26(27)32)33-30(39)34-28(37)19-31-16-21-12-22(17-31)14-23(13-21)18-31/h2-7,15,21-23H,8-14,16-19H2,1H3,(H2,33,34,37,39). The fraction of sp³-hybridized carbons (Fsp3) is 0.516. The van der Waals surface area contributed by atoms with E-state index in [1.54, 1.807) is 0 Å². The first-order valence-corrected chi connectivity index (χ1v) is 15.1. The largest absolute Gasteiger partial charge is 0.367 e. The van der Waals surface area contributed by atoms with Crippen LogP contribution in [0.4, 0.5) is 11.4 Å². The maximum atomic E-state index is 13.0. The molecule has 1 aliphatic heterocycles. The highest BCUT2D eigenvalue weighted by molar-refractivity contribution is 7.80. The average molecular weight is 565 g/mol. The number of piperazine rings is 1. The Labute approximate surface area is 241 Å². The highest BCUT2D eigenvalue weighted by atomic mass is 35.5. The number of carbonyl (C=O) groups is 2. The van der Waals surface area contributed by atoms with Gasteiger partial charge in [0.05, 0.1) is 10.7 Å². The van der Waals surface area contributed by atoms with Gasteiger partial charge in [-0.2, -0.15) is 0 Å². The highest BCUT2D eigenvalue weighted by Crippen LogP contribution is 2.61. The van der Waals surface area contributed by atoms with Crippen LogP contribution in [0.1, 0.15) is 60.9 Å². The third-order valence-corrected chi connectivity index (χ3v) is 9.95. The molecule has 2 N–H and O–H groups in total. The number of carbonyl (C=O) groups excluding carboxylic acids is 2. The SMILES string of the molecule is Cc1ccccc1C(=O)N1CCN(c2ccc(NC(=S)NC(=O)CC34CC5CC(CC(C5)C3)C4)cc2Cl)CC1. The van der Waals surface area contributed by atoms with Crippen molar-refractivity contribution in [1.29, 1.82) is 0 Å². The van der Waals surface area contributed by atoms with Gasteiger partial charge >= 0.3 is 0 Å². The van der Waals surface area contributed by atoms with Crippen molar-refractivity contribution in [1.82, 2.24) is 10.2 Å². The second kappa shape index (κ2) is 10.7. The van der Waals surface area contributed by atoms with Gasteiger partial charge in [0, 0.05) is 43.9 Å². The van der Waals surface area contributed by atoms with Gasteiger partial charge in [-0.3, -0.25) is 9.59 Å². The van der Waals surface area contributed by atoms with Crippen molar-refractivity contribution < 1.29 is 9.59 Å². The number of anilines is 2. The van der Waals surface area contributed by atoms with E-state index >= 15 is 0 Å². The van der Waals surface area contributed by atoms with Crippen molar-refractivity contribution in [3.8, 4) is 0 Å². The van der Waals surface area contributed by atoms with Crippen LogP contribution in [0.15, 0.2) is 42.5 Å². The zero-order chi connectivity index (χ0) is 27.1. The lowest BCUT2D eigenvalue weighted by Gasteiger charge is -2.56. The number of nitrogens with one attached hydrogen (secondary N) is 2. The number of nitrogens with zero attached hydrogens (tertiary/aromatic N) is 2. The normalized spacial score (nSPS) is 27.4. The lowest BCUT2D eigenvalue weighted by atomic mass is 9.49. The Balaban J connectivity index is 1.01. The minimum absolute atomic E-state index is 0.0234. The first-order chi connectivity index (χ1) is 18.8. The molecule has 5 aliphatic rings. The van der Waals surface area contributed by atoms with E-state index in [9.17, 15) is 9.59 Å². The minimum Gasteiger partial charge on any atom is -0.367 e. The van der Waals surface area contributed by atoms with E-state index in [1.165, 1.54) is 38.5 Å². The predicted octanol–water partition coefficient (Wildman–Crippen LogP) is 6.03. The number of rotatable bonds is 5. The Hall–Kier alpha value is -2.64.